The number of carbonyl (C=O) groups excluding carboxylic acids is 1. The Morgan fingerprint density at radius 1 is 0.957 bits per heavy atom. The van der Waals surface area contributed by atoms with Crippen molar-refractivity contribution < 1.29 is 19.8 Å². The van der Waals surface area contributed by atoms with Crippen LogP contribution in [-0.4, -0.2) is 22.1 Å². The maximum atomic E-state index is 12.5. The lowest BCUT2D eigenvalue weighted by molar-refractivity contribution is -0.146. The molecule has 0 spiro atoms. The second kappa shape index (κ2) is 6.12. The lowest BCUT2D eigenvalue weighted by Crippen LogP contribution is -2.34. The van der Waals surface area contributed by atoms with Crippen LogP contribution in [0.3, 0.4) is 0 Å². The Kier molecular flexibility index (Phi) is 4.02. The van der Waals surface area contributed by atoms with Gasteiger partial charge in [0.2, 0.25) is 5.91 Å². The number of rotatable bonds is 3. The molecule has 3 N–H and O–H groups in total. The van der Waals surface area contributed by atoms with E-state index in [1.807, 2.05) is 6.08 Å². The molecule has 0 radical (unpaired) electrons. The van der Waals surface area contributed by atoms with Gasteiger partial charge in [-0.3, -0.25) is 9.59 Å². The first-order valence-corrected chi connectivity index (χ1v) is 7.47. The molecule has 5 nitrogen and oxygen atoms in total. The molecule has 0 fully saturated rings. The van der Waals surface area contributed by atoms with Crippen LogP contribution in [-0.2, 0) is 9.59 Å². The number of carboxylic acids is 1. The fraction of sp³-hybridized carbons (Fsp3) is 0.222. The molecule has 1 aliphatic carbocycles. The van der Waals surface area contributed by atoms with Crippen molar-refractivity contribution in [2.75, 3.05) is 5.32 Å². The Hall–Kier alpha value is -2.82. The molecular formula is C18H17NO4. The monoisotopic (exact) mass is 311 g/mol. The van der Waals surface area contributed by atoms with E-state index in [2.05, 4.69) is 5.32 Å². The Balaban J connectivity index is 1.90. The van der Waals surface area contributed by atoms with E-state index >= 15 is 0 Å². The van der Waals surface area contributed by atoms with E-state index in [1.165, 1.54) is 0 Å². The number of fused-ring (bicyclic) bond motifs is 1. The Labute approximate surface area is 133 Å². The molecule has 1 aliphatic rings. The fourth-order valence-corrected chi connectivity index (χ4v) is 3.00. The van der Waals surface area contributed by atoms with Gasteiger partial charge in [-0.05, 0) is 25.0 Å². The van der Waals surface area contributed by atoms with Crippen molar-refractivity contribution in [3.8, 4) is 5.75 Å². The summed E-state index contributed by atoms with van der Waals surface area (Å²) in [6.07, 6.45) is 4.43. The van der Waals surface area contributed by atoms with Gasteiger partial charge in [0, 0.05) is 16.5 Å². The zero-order chi connectivity index (χ0) is 16.4. The van der Waals surface area contributed by atoms with Crippen molar-refractivity contribution in [1.82, 2.24) is 0 Å². The summed E-state index contributed by atoms with van der Waals surface area (Å²) in [6.45, 7) is 0. The average molecular weight is 311 g/mol. The first kappa shape index (κ1) is 15.1. The second-order valence-electron chi connectivity index (χ2n) is 5.66. The number of phenolic OH excluding ortho intramolecular Hbond substituents is 1. The van der Waals surface area contributed by atoms with E-state index in [1.54, 1.807) is 42.5 Å². The van der Waals surface area contributed by atoms with Crippen molar-refractivity contribution in [1.29, 1.82) is 0 Å². The number of aliphatic carboxylic acids is 1. The molecule has 23 heavy (non-hydrogen) atoms. The van der Waals surface area contributed by atoms with Crippen molar-refractivity contribution in [2.45, 2.75) is 12.8 Å². The summed E-state index contributed by atoms with van der Waals surface area (Å²) < 4.78 is 0. The van der Waals surface area contributed by atoms with Crippen molar-refractivity contribution in [2.24, 2.45) is 11.8 Å². The molecule has 0 heterocycles. The topological polar surface area (TPSA) is 86.6 Å². The lowest BCUT2D eigenvalue weighted by atomic mass is 9.82. The Bertz CT molecular complexity index is 797. The van der Waals surface area contributed by atoms with Crippen LogP contribution in [0.1, 0.15) is 12.8 Å². The summed E-state index contributed by atoms with van der Waals surface area (Å²) in [4.78, 5) is 23.9. The molecule has 118 valence electrons. The lowest BCUT2D eigenvalue weighted by Gasteiger charge is -2.24. The van der Waals surface area contributed by atoms with Gasteiger partial charge < -0.3 is 15.5 Å². The van der Waals surface area contributed by atoms with Crippen LogP contribution < -0.4 is 5.32 Å². The minimum absolute atomic E-state index is 0.141. The van der Waals surface area contributed by atoms with E-state index in [9.17, 15) is 19.8 Å². The molecule has 2 aromatic carbocycles. The van der Waals surface area contributed by atoms with Crippen LogP contribution >= 0.6 is 0 Å². The summed E-state index contributed by atoms with van der Waals surface area (Å²) in [5.74, 6) is -2.42. The van der Waals surface area contributed by atoms with Gasteiger partial charge in [0.15, 0.2) is 0 Å². The molecule has 0 saturated carbocycles. The van der Waals surface area contributed by atoms with Gasteiger partial charge in [-0.2, -0.15) is 0 Å². The first-order valence-electron chi connectivity index (χ1n) is 7.47. The number of aromatic hydroxyl groups is 1. The maximum absolute atomic E-state index is 12.5. The van der Waals surface area contributed by atoms with Gasteiger partial charge in [0.05, 0.1) is 11.8 Å². The highest BCUT2D eigenvalue weighted by atomic mass is 16.4. The molecule has 3 rings (SSSR count). The van der Waals surface area contributed by atoms with Gasteiger partial charge in [-0.25, -0.2) is 0 Å². The molecule has 2 unspecified atom stereocenters. The largest absolute Gasteiger partial charge is 0.507 e. The fourth-order valence-electron chi connectivity index (χ4n) is 3.00. The van der Waals surface area contributed by atoms with Gasteiger partial charge in [-0.15, -0.1) is 0 Å². The van der Waals surface area contributed by atoms with Crippen LogP contribution in [0.5, 0.6) is 5.75 Å². The highest BCUT2D eigenvalue weighted by Crippen LogP contribution is 2.32. The third-order valence-corrected chi connectivity index (χ3v) is 4.24. The van der Waals surface area contributed by atoms with Crippen LogP contribution in [0.4, 0.5) is 5.69 Å². The smallest absolute Gasteiger partial charge is 0.307 e. The zero-order valence-electron chi connectivity index (χ0n) is 12.4. The maximum Gasteiger partial charge on any atom is 0.307 e. The first-order chi connectivity index (χ1) is 11.1. The zero-order valence-corrected chi connectivity index (χ0v) is 12.4. The minimum Gasteiger partial charge on any atom is -0.507 e. The average Bonchev–Trinajstić information content (AvgIpc) is 2.56. The predicted molar refractivity (Wildman–Crippen MR) is 87.2 cm³/mol. The van der Waals surface area contributed by atoms with E-state index in [-0.39, 0.29) is 11.7 Å². The van der Waals surface area contributed by atoms with E-state index < -0.39 is 17.8 Å². The highest BCUT2D eigenvalue weighted by Gasteiger charge is 2.34. The number of amides is 1. The number of carboxylic acid groups (broad SMARTS) is 1. The number of anilines is 1. The second-order valence-corrected chi connectivity index (χ2v) is 5.66. The van der Waals surface area contributed by atoms with Gasteiger partial charge >= 0.3 is 5.97 Å². The number of nitrogens with one attached hydrogen (secondary N) is 1. The van der Waals surface area contributed by atoms with E-state index in [4.69, 9.17) is 0 Å². The van der Waals surface area contributed by atoms with Crippen molar-refractivity contribution in [3.05, 3.63) is 48.6 Å². The third-order valence-electron chi connectivity index (χ3n) is 4.24. The number of carbonyl (C=O) groups is 2. The van der Waals surface area contributed by atoms with Crippen molar-refractivity contribution >= 4 is 28.3 Å². The van der Waals surface area contributed by atoms with Crippen molar-refractivity contribution in [3.63, 3.8) is 0 Å². The summed E-state index contributed by atoms with van der Waals surface area (Å²) >= 11 is 0. The van der Waals surface area contributed by atoms with Crippen LogP contribution in [0.25, 0.3) is 10.8 Å². The van der Waals surface area contributed by atoms with E-state index in [0.29, 0.717) is 23.9 Å². The highest BCUT2D eigenvalue weighted by molar-refractivity contribution is 6.05. The molecule has 0 aliphatic heterocycles. The van der Waals surface area contributed by atoms with Crippen LogP contribution in [0.15, 0.2) is 48.6 Å². The molecular weight excluding hydrogens is 294 g/mol. The predicted octanol–water partition coefficient (Wildman–Crippen LogP) is 3.15. The molecule has 0 aromatic heterocycles. The Morgan fingerprint density at radius 2 is 1.61 bits per heavy atom. The minimum atomic E-state index is -0.954. The molecule has 5 heteroatoms. The number of hydrogen-bond acceptors (Lipinski definition) is 3. The molecule has 1 amide bonds. The summed E-state index contributed by atoms with van der Waals surface area (Å²) in [5, 5.41) is 23.4. The summed E-state index contributed by atoms with van der Waals surface area (Å²) in [7, 11) is 0. The number of benzene rings is 2. The molecule has 0 bridgehead atoms. The third kappa shape index (κ3) is 2.90. The van der Waals surface area contributed by atoms with Gasteiger partial charge in [-0.1, -0.05) is 36.4 Å². The summed E-state index contributed by atoms with van der Waals surface area (Å²) in [6, 6.07) is 10.3. The summed E-state index contributed by atoms with van der Waals surface area (Å²) in [5.41, 5.74) is 0.571. The Morgan fingerprint density at radius 3 is 2.35 bits per heavy atom. The quantitative estimate of drug-likeness (QED) is 0.760. The van der Waals surface area contributed by atoms with Gasteiger partial charge in [0.25, 0.3) is 0 Å². The van der Waals surface area contributed by atoms with Gasteiger partial charge in [0.1, 0.15) is 5.75 Å². The van der Waals surface area contributed by atoms with Crippen LogP contribution in [0, 0.1) is 11.8 Å². The van der Waals surface area contributed by atoms with Crippen LogP contribution in [0.2, 0.25) is 0 Å². The number of phenols is 1. The molecule has 0 saturated heterocycles. The standard InChI is InChI=1S/C18H17NO4/c20-16-10-4-7-11-12(16)8-3-9-15(11)19-17(21)13-5-1-2-6-14(13)18(22)23/h1-4,7-10,13-14,20H,5-6H2,(H,19,21)(H,22,23). The normalized spacial score (nSPS) is 20.3. The molecule has 2 aromatic rings. The molecule has 2 atom stereocenters. The number of allylic oxidation sites excluding steroid dienone is 2. The number of hydrogen-bond donors (Lipinski definition) is 3. The van der Waals surface area contributed by atoms with E-state index in [0.717, 1.165) is 5.39 Å². The SMILES string of the molecule is O=C(O)C1CC=CCC1C(=O)Nc1cccc2c(O)cccc12.